The Morgan fingerprint density at radius 3 is 2.47 bits per heavy atom. The van der Waals surface area contributed by atoms with Crippen molar-refractivity contribution in [3.8, 4) is 0 Å². The first-order chi connectivity index (χ1) is 8.76. The molecule has 0 saturated carbocycles. The Labute approximate surface area is 122 Å². The van der Waals surface area contributed by atoms with Crippen LogP contribution >= 0.6 is 11.8 Å². The highest BCUT2D eigenvalue weighted by Crippen LogP contribution is 2.41. The van der Waals surface area contributed by atoms with Crippen LogP contribution in [0.25, 0.3) is 0 Å². The second-order valence-electron chi connectivity index (χ2n) is 7.10. The fraction of sp³-hybridized carbons (Fsp3) is 1.00. The molecule has 0 aromatic heterocycles. The van der Waals surface area contributed by atoms with E-state index in [0.29, 0.717) is 5.92 Å². The van der Waals surface area contributed by atoms with Crippen molar-refractivity contribution < 1.29 is 4.74 Å². The summed E-state index contributed by atoms with van der Waals surface area (Å²) in [7, 11) is 0. The molecule has 2 N–H and O–H groups in total. The number of nitrogens with two attached hydrogens (primary N) is 1. The van der Waals surface area contributed by atoms with Crippen molar-refractivity contribution in [3.05, 3.63) is 0 Å². The van der Waals surface area contributed by atoms with Gasteiger partial charge in [-0.25, -0.2) is 0 Å². The Morgan fingerprint density at radius 1 is 1.26 bits per heavy atom. The SMILES string of the molecule is CCC1CN(CC2C(N)C(C)(C)OC2(C)C)CCS1. The smallest absolute Gasteiger partial charge is 0.0788 e. The molecule has 0 radical (unpaired) electrons. The Bertz CT molecular complexity index is 319. The first-order valence-electron chi connectivity index (χ1n) is 7.56. The fourth-order valence-corrected chi connectivity index (χ4v) is 4.79. The molecule has 0 amide bonds. The van der Waals surface area contributed by atoms with Crippen LogP contribution in [-0.4, -0.2) is 52.8 Å². The summed E-state index contributed by atoms with van der Waals surface area (Å²) in [6, 6.07) is 0.122. The van der Waals surface area contributed by atoms with Crippen LogP contribution in [0.15, 0.2) is 0 Å². The van der Waals surface area contributed by atoms with Gasteiger partial charge in [0.25, 0.3) is 0 Å². The minimum absolute atomic E-state index is 0.116. The monoisotopic (exact) mass is 286 g/mol. The Kier molecular flexibility index (Phi) is 4.56. The van der Waals surface area contributed by atoms with E-state index >= 15 is 0 Å². The lowest BCUT2D eigenvalue weighted by atomic mass is 9.82. The van der Waals surface area contributed by atoms with E-state index in [2.05, 4.69) is 51.3 Å². The first-order valence-corrected chi connectivity index (χ1v) is 8.61. The second-order valence-corrected chi connectivity index (χ2v) is 8.51. The van der Waals surface area contributed by atoms with Crippen LogP contribution in [0, 0.1) is 5.92 Å². The van der Waals surface area contributed by atoms with Crippen molar-refractivity contribution in [1.82, 2.24) is 4.90 Å². The topological polar surface area (TPSA) is 38.5 Å². The molecule has 0 spiro atoms. The van der Waals surface area contributed by atoms with Crippen LogP contribution < -0.4 is 5.73 Å². The second kappa shape index (κ2) is 5.55. The molecular weight excluding hydrogens is 256 g/mol. The molecule has 0 aromatic carbocycles. The average Bonchev–Trinajstić information content (AvgIpc) is 2.48. The van der Waals surface area contributed by atoms with Gasteiger partial charge in [0, 0.05) is 42.6 Å². The predicted molar refractivity (Wildman–Crippen MR) is 83.7 cm³/mol. The van der Waals surface area contributed by atoms with Crippen molar-refractivity contribution in [2.24, 2.45) is 11.7 Å². The highest BCUT2D eigenvalue weighted by atomic mass is 32.2. The van der Waals surface area contributed by atoms with Crippen LogP contribution in [0.2, 0.25) is 0 Å². The minimum atomic E-state index is -0.205. The molecule has 2 rings (SSSR count). The van der Waals surface area contributed by atoms with Gasteiger partial charge < -0.3 is 15.4 Å². The zero-order valence-corrected chi connectivity index (χ0v) is 13.9. The zero-order chi connectivity index (χ0) is 14.3. The highest BCUT2D eigenvalue weighted by Gasteiger charge is 2.52. The van der Waals surface area contributed by atoms with Crippen molar-refractivity contribution in [1.29, 1.82) is 0 Å². The highest BCUT2D eigenvalue weighted by molar-refractivity contribution is 8.00. The van der Waals surface area contributed by atoms with Crippen molar-refractivity contribution in [2.75, 3.05) is 25.4 Å². The van der Waals surface area contributed by atoms with E-state index in [1.165, 1.54) is 25.3 Å². The Balaban J connectivity index is 2.01. The fourth-order valence-electron chi connectivity index (χ4n) is 3.54. The molecule has 2 aliphatic rings. The van der Waals surface area contributed by atoms with E-state index in [4.69, 9.17) is 10.5 Å². The third-order valence-corrected chi connectivity index (χ3v) is 6.16. The summed E-state index contributed by atoms with van der Waals surface area (Å²) in [6.07, 6.45) is 1.27. The molecule has 2 heterocycles. The molecule has 19 heavy (non-hydrogen) atoms. The van der Waals surface area contributed by atoms with E-state index < -0.39 is 0 Å². The molecule has 2 fully saturated rings. The summed E-state index contributed by atoms with van der Waals surface area (Å²) < 4.78 is 6.20. The van der Waals surface area contributed by atoms with Crippen LogP contribution in [0.3, 0.4) is 0 Å². The molecule has 3 unspecified atom stereocenters. The third kappa shape index (κ3) is 3.29. The van der Waals surface area contributed by atoms with Crippen molar-refractivity contribution >= 4 is 11.8 Å². The normalized spacial score (nSPS) is 38.5. The van der Waals surface area contributed by atoms with Crippen molar-refractivity contribution in [3.63, 3.8) is 0 Å². The van der Waals surface area contributed by atoms with E-state index in [0.717, 1.165) is 11.8 Å². The van der Waals surface area contributed by atoms with E-state index in [9.17, 15) is 0 Å². The van der Waals surface area contributed by atoms with Gasteiger partial charge in [0.05, 0.1) is 11.2 Å². The lowest BCUT2D eigenvalue weighted by Crippen LogP contribution is -2.50. The zero-order valence-electron chi connectivity index (χ0n) is 13.1. The van der Waals surface area contributed by atoms with Gasteiger partial charge in [-0.3, -0.25) is 0 Å². The summed E-state index contributed by atoms with van der Waals surface area (Å²) in [4.78, 5) is 2.60. The van der Waals surface area contributed by atoms with Gasteiger partial charge in [0.1, 0.15) is 0 Å². The van der Waals surface area contributed by atoms with Gasteiger partial charge >= 0.3 is 0 Å². The quantitative estimate of drug-likeness (QED) is 0.864. The molecule has 2 saturated heterocycles. The molecular formula is C15H30N2OS. The van der Waals surface area contributed by atoms with Gasteiger partial charge in [0.2, 0.25) is 0 Å². The van der Waals surface area contributed by atoms with Gasteiger partial charge in [0.15, 0.2) is 0 Å². The first kappa shape index (κ1) is 15.6. The lowest BCUT2D eigenvalue weighted by Gasteiger charge is -2.37. The maximum absolute atomic E-state index is 6.46. The van der Waals surface area contributed by atoms with Crippen LogP contribution in [0.4, 0.5) is 0 Å². The molecule has 4 heteroatoms. The predicted octanol–water partition coefficient (Wildman–Crippen LogP) is 2.34. The maximum Gasteiger partial charge on any atom is 0.0788 e. The average molecular weight is 286 g/mol. The number of thioether (sulfide) groups is 1. The number of hydrogen-bond donors (Lipinski definition) is 1. The van der Waals surface area contributed by atoms with Crippen LogP contribution in [-0.2, 0) is 4.74 Å². The molecule has 3 nitrogen and oxygen atoms in total. The molecule has 0 bridgehead atoms. The molecule has 0 aliphatic carbocycles. The summed E-state index contributed by atoms with van der Waals surface area (Å²) >= 11 is 2.12. The Morgan fingerprint density at radius 2 is 1.95 bits per heavy atom. The molecule has 3 atom stereocenters. The van der Waals surface area contributed by atoms with Gasteiger partial charge in [-0.2, -0.15) is 11.8 Å². The van der Waals surface area contributed by atoms with Gasteiger partial charge in [-0.1, -0.05) is 6.92 Å². The number of rotatable bonds is 3. The van der Waals surface area contributed by atoms with Crippen LogP contribution in [0.5, 0.6) is 0 Å². The summed E-state index contributed by atoms with van der Waals surface area (Å²) in [5.74, 6) is 1.67. The lowest BCUT2D eigenvalue weighted by molar-refractivity contribution is -0.0784. The number of nitrogens with zero attached hydrogens (tertiary/aromatic N) is 1. The van der Waals surface area contributed by atoms with E-state index in [1.54, 1.807) is 0 Å². The summed E-state index contributed by atoms with van der Waals surface area (Å²) in [5, 5.41) is 0.795. The molecule has 2 aliphatic heterocycles. The molecule has 0 aromatic rings. The largest absolute Gasteiger partial charge is 0.368 e. The summed E-state index contributed by atoms with van der Waals surface area (Å²) in [6.45, 7) is 14.4. The maximum atomic E-state index is 6.46. The van der Waals surface area contributed by atoms with E-state index in [-0.39, 0.29) is 17.2 Å². The third-order valence-electron chi connectivity index (χ3n) is 4.79. The minimum Gasteiger partial charge on any atom is -0.368 e. The van der Waals surface area contributed by atoms with E-state index in [1.807, 2.05) is 0 Å². The summed E-state index contributed by atoms with van der Waals surface area (Å²) in [5.41, 5.74) is 6.14. The molecule has 112 valence electrons. The van der Waals surface area contributed by atoms with Crippen LogP contribution in [0.1, 0.15) is 41.0 Å². The van der Waals surface area contributed by atoms with Gasteiger partial charge in [-0.15, -0.1) is 0 Å². The standard InChI is InChI=1S/C15H30N2OS/c1-6-11-9-17(7-8-19-11)10-12-13(16)15(4,5)18-14(12,2)3/h11-13H,6-10,16H2,1-5H3. The Hall–Kier alpha value is 0.230. The number of ether oxygens (including phenoxy) is 1. The number of hydrogen-bond acceptors (Lipinski definition) is 4. The van der Waals surface area contributed by atoms with Crippen molar-refractivity contribution in [2.45, 2.75) is 63.5 Å². The van der Waals surface area contributed by atoms with Gasteiger partial charge in [-0.05, 0) is 34.1 Å².